The molecule has 0 radical (unpaired) electrons. The molecule has 0 heterocycles. The molecule has 14 heavy (non-hydrogen) atoms. The van der Waals surface area contributed by atoms with E-state index in [0.717, 1.165) is 18.8 Å². The fourth-order valence-electron chi connectivity index (χ4n) is 3.20. The van der Waals surface area contributed by atoms with Gasteiger partial charge in [0.15, 0.2) is 0 Å². The summed E-state index contributed by atoms with van der Waals surface area (Å²) in [7, 11) is 0. The second-order valence-electron chi connectivity index (χ2n) is 6.07. The molecule has 2 unspecified atom stereocenters. The van der Waals surface area contributed by atoms with Gasteiger partial charge in [-0.25, -0.2) is 0 Å². The lowest BCUT2D eigenvalue weighted by molar-refractivity contribution is 0.0106. The van der Waals surface area contributed by atoms with Gasteiger partial charge < -0.3 is 5.11 Å². The highest BCUT2D eigenvalue weighted by Gasteiger charge is 2.41. The van der Waals surface area contributed by atoms with Crippen molar-refractivity contribution in [2.24, 2.45) is 11.3 Å². The number of hydrogen-bond donors (Lipinski definition) is 1. The number of allylic oxidation sites excluding steroid dienone is 1. The molecule has 1 heteroatoms. The summed E-state index contributed by atoms with van der Waals surface area (Å²) in [6.07, 6.45) is 7.94. The molecule has 0 aromatic carbocycles. The van der Waals surface area contributed by atoms with E-state index in [2.05, 4.69) is 19.9 Å². The lowest BCUT2D eigenvalue weighted by atomic mass is 9.61. The third-order valence-corrected chi connectivity index (χ3v) is 4.14. The van der Waals surface area contributed by atoms with Crippen LogP contribution in [0.5, 0.6) is 0 Å². The van der Waals surface area contributed by atoms with Crippen molar-refractivity contribution in [2.45, 2.75) is 58.5 Å². The van der Waals surface area contributed by atoms with Crippen LogP contribution in [0.2, 0.25) is 0 Å². The standard InChI is InChI=1S/C13H22O/c1-12(2)7-4-5-10-9-13(3,14)8-6-11(10)12/h5,11,14H,4,6-9H2,1-3H3. The average Bonchev–Trinajstić information content (AvgIpc) is 2.00. The maximum atomic E-state index is 10.0. The van der Waals surface area contributed by atoms with Crippen LogP contribution >= 0.6 is 0 Å². The highest BCUT2D eigenvalue weighted by atomic mass is 16.3. The van der Waals surface area contributed by atoms with Gasteiger partial charge in [0.05, 0.1) is 5.60 Å². The normalized spacial score (nSPS) is 41.4. The number of hydrogen-bond acceptors (Lipinski definition) is 1. The van der Waals surface area contributed by atoms with E-state index < -0.39 is 5.60 Å². The van der Waals surface area contributed by atoms with Gasteiger partial charge in [-0.1, -0.05) is 25.5 Å². The van der Waals surface area contributed by atoms with Crippen LogP contribution < -0.4 is 0 Å². The van der Waals surface area contributed by atoms with E-state index in [0.29, 0.717) is 5.41 Å². The smallest absolute Gasteiger partial charge is 0.0657 e. The Bertz CT molecular complexity index is 260. The zero-order valence-electron chi connectivity index (χ0n) is 9.64. The molecule has 0 amide bonds. The summed E-state index contributed by atoms with van der Waals surface area (Å²) in [5, 5.41) is 10.0. The molecule has 2 aliphatic carbocycles. The quantitative estimate of drug-likeness (QED) is 0.587. The van der Waals surface area contributed by atoms with Crippen molar-refractivity contribution in [1.29, 1.82) is 0 Å². The second-order valence-corrected chi connectivity index (χ2v) is 6.07. The van der Waals surface area contributed by atoms with E-state index >= 15 is 0 Å². The van der Waals surface area contributed by atoms with Crippen molar-refractivity contribution in [3.63, 3.8) is 0 Å². The summed E-state index contributed by atoms with van der Waals surface area (Å²) in [4.78, 5) is 0. The molecule has 1 fully saturated rings. The maximum absolute atomic E-state index is 10.0. The Morgan fingerprint density at radius 2 is 2.00 bits per heavy atom. The molecule has 1 nitrogen and oxygen atoms in total. The van der Waals surface area contributed by atoms with Crippen LogP contribution in [0.25, 0.3) is 0 Å². The Morgan fingerprint density at radius 1 is 1.29 bits per heavy atom. The van der Waals surface area contributed by atoms with Gasteiger partial charge in [-0.2, -0.15) is 0 Å². The van der Waals surface area contributed by atoms with Crippen molar-refractivity contribution in [1.82, 2.24) is 0 Å². The van der Waals surface area contributed by atoms with Crippen molar-refractivity contribution < 1.29 is 5.11 Å². The summed E-state index contributed by atoms with van der Waals surface area (Å²) < 4.78 is 0. The van der Waals surface area contributed by atoms with Gasteiger partial charge in [0.25, 0.3) is 0 Å². The molecule has 80 valence electrons. The van der Waals surface area contributed by atoms with Crippen LogP contribution in [0, 0.1) is 11.3 Å². The molecule has 2 aliphatic rings. The largest absolute Gasteiger partial charge is 0.390 e. The fourth-order valence-corrected chi connectivity index (χ4v) is 3.20. The Hall–Kier alpha value is -0.300. The lowest BCUT2D eigenvalue weighted by Gasteiger charge is -2.46. The molecule has 2 rings (SSSR count). The molecule has 2 atom stereocenters. The lowest BCUT2D eigenvalue weighted by Crippen LogP contribution is -2.39. The van der Waals surface area contributed by atoms with E-state index in [1.807, 2.05) is 6.92 Å². The van der Waals surface area contributed by atoms with E-state index in [4.69, 9.17) is 0 Å². The van der Waals surface area contributed by atoms with E-state index in [9.17, 15) is 5.11 Å². The van der Waals surface area contributed by atoms with Crippen molar-refractivity contribution in [3.8, 4) is 0 Å². The molecule has 0 aromatic rings. The first kappa shape index (κ1) is 10.2. The molecule has 1 saturated carbocycles. The van der Waals surface area contributed by atoms with Crippen LogP contribution in [0.4, 0.5) is 0 Å². The molecular formula is C13H22O. The molecule has 0 aliphatic heterocycles. The average molecular weight is 194 g/mol. The summed E-state index contributed by atoms with van der Waals surface area (Å²) in [6, 6.07) is 0. The van der Waals surface area contributed by atoms with Crippen LogP contribution in [-0.2, 0) is 0 Å². The van der Waals surface area contributed by atoms with Crippen LogP contribution in [0.1, 0.15) is 52.9 Å². The van der Waals surface area contributed by atoms with Gasteiger partial charge in [-0.3, -0.25) is 0 Å². The van der Waals surface area contributed by atoms with Crippen LogP contribution in [-0.4, -0.2) is 10.7 Å². The first-order chi connectivity index (χ1) is 6.41. The molecule has 1 N–H and O–H groups in total. The van der Waals surface area contributed by atoms with Gasteiger partial charge in [0, 0.05) is 0 Å². The highest BCUT2D eigenvalue weighted by Crippen LogP contribution is 2.49. The highest BCUT2D eigenvalue weighted by molar-refractivity contribution is 5.19. The van der Waals surface area contributed by atoms with Gasteiger partial charge in [0.2, 0.25) is 0 Å². The monoisotopic (exact) mass is 194 g/mol. The Balaban J connectivity index is 2.22. The summed E-state index contributed by atoms with van der Waals surface area (Å²) in [5.41, 5.74) is 1.55. The fraction of sp³-hybridized carbons (Fsp3) is 0.846. The molecule has 0 bridgehead atoms. The Kier molecular flexibility index (Phi) is 2.26. The summed E-state index contributed by atoms with van der Waals surface area (Å²) >= 11 is 0. The topological polar surface area (TPSA) is 20.2 Å². The predicted molar refractivity (Wildman–Crippen MR) is 59.1 cm³/mol. The maximum Gasteiger partial charge on any atom is 0.0657 e. The first-order valence-electron chi connectivity index (χ1n) is 5.82. The minimum atomic E-state index is -0.435. The van der Waals surface area contributed by atoms with Gasteiger partial charge >= 0.3 is 0 Å². The SMILES string of the molecule is CC1(O)CCC2C(=CCCC2(C)C)C1. The Morgan fingerprint density at radius 3 is 2.71 bits per heavy atom. The van der Waals surface area contributed by atoms with Crippen LogP contribution in [0.3, 0.4) is 0 Å². The van der Waals surface area contributed by atoms with Gasteiger partial charge in [-0.05, 0) is 50.4 Å². The van der Waals surface area contributed by atoms with E-state index in [1.54, 1.807) is 0 Å². The number of aliphatic hydroxyl groups is 1. The zero-order valence-corrected chi connectivity index (χ0v) is 9.64. The molecule has 0 spiro atoms. The van der Waals surface area contributed by atoms with Crippen molar-refractivity contribution >= 4 is 0 Å². The van der Waals surface area contributed by atoms with Gasteiger partial charge in [-0.15, -0.1) is 0 Å². The summed E-state index contributed by atoms with van der Waals surface area (Å²) in [6.45, 7) is 6.74. The van der Waals surface area contributed by atoms with Crippen LogP contribution in [0.15, 0.2) is 11.6 Å². The number of rotatable bonds is 0. The molecule has 0 aromatic heterocycles. The van der Waals surface area contributed by atoms with Crippen molar-refractivity contribution in [3.05, 3.63) is 11.6 Å². The minimum Gasteiger partial charge on any atom is -0.390 e. The second kappa shape index (κ2) is 3.10. The van der Waals surface area contributed by atoms with E-state index in [-0.39, 0.29) is 0 Å². The predicted octanol–water partition coefficient (Wildman–Crippen LogP) is 3.28. The minimum absolute atomic E-state index is 0.435. The Labute approximate surface area is 87.2 Å². The zero-order chi connectivity index (χ0) is 10.4. The number of fused-ring (bicyclic) bond motifs is 1. The third-order valence-electron chi connectivity index (χ3n) is 4.14. The molecule has 0 saturated heterocycles. The van der Waals surface area contributed by atoms with Crippen molar-refractivity contribution in [2.75, 3.05) is 0 Å². The molecular weight excluding hydrogens is 172 g/mol. The first-order valence-corrected chi connectivity index (χ1v) is 5.82. The van der Waals surface area contributed by atoms with E-state index in [1.165, 1.54) is 24.8 Å². The summed E-state index contributed by atoms with van der Waals surface area (Å²) in [5.74, 6) is 0.733. The van der Waals surface area contributed by atoms with Gasteiger partial charge in [0.1, 0.15) is 0 Å². The third kappa shape index (κ3) is 1.75.